The number of rotatable bonds is 3. The van der Waals surface area contributed by atoms with Gasteiger partial charge in [0, 0.05) is 16.6 Å². The first-order chi connectivity index (χ1) is 12.2. The molecule has 4 rings (SSSR count). The zero-order valence-corrected chi connectivity index (χ0v) is 15.0. The summed E-state index contributed by atoms with van der Waals surface area (Å²) in [4.78, 5) is 19.2. The second-order valence-corrected chi connectivity index (χ2v) is 7.41. The molecule has 4 nitrogen and oxygen atoms in total. The Morgan fingerprint density at radius 3 is 2.88 bits per heavy atom. The molecule has 128 valence electrons. The number of nitrogens with two attached hydrogens (primary N) is 1. The zero-order valence-electron chi connectivity index (χ0n) is 14.2. The summed E-state index contributed by atoms with van der Waals surface area (Å²) in [5.74, 6) is 0.588. The van der Waals surface area contributed by atoms with Crippen molar-refractivity contribution in [2.75, 3.05) is 12.8 Å². The number of aryl methyl sites for hydroxylation is 2. The lowest BCUT2D eigenvalue weighted by Gasteiger charge is -2.05. The van der Waals surface area contributed by atoms with Crippen LogP contribution in [-0.2, 0) is 12.8 Å². The number of pyridine rings is 1. The fraction of sp³-hybridized carbons (Fsp3) is 0.300. The molecule has 0 spiro atoms. The van der Waals surface area contributed by atoms with Crippen LogP contribution in [0.1, 0.15) is 45.8 Å². The third kappa shape index (κ3) is 2.89. The monoisotopic (exact) mass is 352 g/mol. The minimum absolute atomic E-state index is 0.0744. The maximum atomic E-state index is 12.9. The van der Waals surface area contributed by atoms with Gasteiger partial charge in [0.15, 0.2) is 0 Å². The molecule has 2 N–H and O–H groups in total. The zero-order chi connectivity index (χ0) is 17.4. The Balaban J connectivity index is 1.79. The summed E-state index contributed by atoms with van der Waals surface area (Å²) in [6, 6.07) is 9.32. The van der Waals surface area contributed by atoms with Gasteiger partial charge >= 0.3 is 0 Å². The SMILES string of the molecule is COc1cccc(C(=O)c2sc3nc4c(cc3c2N)CCCCC4)c1. The van der Waals surface area contributed by atoms with E-state index in [0.29, 0.717) is 21.9 Å². The summed E-state index contributed by atoms with van der Waals surface area (Å²) in [7, 11) is 1.59. The van der Waals surface area contributed by atoms with Crippen molar-refractivity contribution in [1.82, 2.24) is 4.98 Å². The van der Waals surface area contributed by atoms with Crippen molar-refractivity contribution in [3.05, 3.63) is 52.0 Å². The highest BCUT2D eigenvalue weighted by atomic mass is 32.1. The molecule has 5 heteroatoms. The number of nitrogen functional groups attached to an aromatic ring is 1. The number of thiophene rings is 1. The van der Waals surface area contributed by atoms with Crippen molar-refractivity contribution in [1.29, 1.82) is 0 Å². The number of fused-ring (bicyclic) bond motifs is 2. The molecule has 0 amide bonds. The van der Waals surface area contributed by atoms with Gasteiger partial charge in [-0.3, -0.25) is 4.79 Å². The largest absolute Gasteiger partial charge is 0.497 e. The van der Waals surface area contributed by atoms with Gasteiger partial charge in [0.2, 0.25) is 5.78 Å². The van der Waals surface area contributed by atoms with Crippen LogP contribution in [0.5, 0.6) is 5.75 Å². The highest BCUT2D eigenvalue weighted by Gasteiger charge is 2.21. The number of hydrogen-bond donors (Lipinski definition) is 1. The van der Waals surface area contributed by atoms with Crippen LogP contribution in [0.4, 0.5) is 5.69 Å². The average Bonchev–Trinajstić information content (AvgIpc) is 2.82. The molecule has 2 heterocycles. The second-order valence-electron chi connectivity index (χ2n) is 6.41. The molecule has 0 bridgehead atoms. The smallest absolute Gasteiger partial charge is 0.205 e. The standard InChI is InChI=1S/C20H20N2O2S/c1-24-14-8-5-7-13(10-14)18(23)19-17(21)15-11-12-6-3-2-4-9-16(12)22-20(15)25-19/h5,7-8,10-11H,2-4,6,9,21H2,1H3. The van der Waals surface area contributed by atoms with Crippen LogP contribution in [0.25, 0.3) is 10.2 Å². The van der Waals surface area contributed by atoms with E-state index < -0.39 is 0 Å². The molecular weight excluding hydrogens is 332 g/mol. The van der Waals surface area contributed by atoms with Crippen LogP contribution >= 0.6 is 11.3 Å². The highest BCUT2D eigenvalue weighted by Crippen LogP contribution is 2.36. The van der Waals surface area contributed by atoms with Crippen molar-refractivity contribution >= 4 is 33.0 Å². The number of hydrogen-bond acceptors (Lipinski definition) is 5. The highest BCUT2D eigenvalue weighted by molar-refractivity contribution is 7.21. The van der Waals surface area contributed by atoms with Crippen molar-refractivity contribution < 1.29 is 9.53 Å². The molecule has 0 atom stereocenters. The number of nitrogens with zero attached hydrogens (tertiary/aromatic N) is 1. The number of benzene rings is 1. The maximum absolute atomic E-state index is 12.9. The summed E-state index contributed by atoms with van der Waals surface area (Å²) in [5.41, 5.74) is 9.93. The van der Waals surface area contributed by atoms with Crippen LogP contribution in [0.15, 0.2) is 30.3 Å². The van der Waals surface area contributed by atoms with E-state index in [0.717, 1.165) is 23.1 Å². The minimum atomic E-state index is -0.0744. The van der Waals surface area contributed by atoms with E-state index in [-0.39, 0.29) is 5.78 Å². The number of carbonyl (C=O) groups excluding carboxylic acids is 1. The first kappa shape index (κ1) is 16.1. The average molecular weight is 352 g/mol. The van der Waals surface area contributed by atoms with Crippen molar-refractivity contribution in [2.24, 2.45) is 0 Å². The fourth-order valence-electron chi connectivity index (χ4n) is 3.40. The number of carbonyl (C=O) groups is 1. The van der Waals surface area contributed by atoms with E-state index in [4.69, 9.17) is 15.5 Å². The molecule has 1 aliphatic rings. The molecular formula is C20H20N2O2S. The van der Waals surface area contributed by atoms with E-state index >= 15 is 0 Å². The normalized spacial score (nSPS) is 14.1. The summed E-state index contributed by atoms with van der Waals surface area (Å²) in [6.45, 7) is 0. The summed E-state index contributed by atoms with van der Waals surface area (Å²) >= 11 is 1.39. The van der Waals surface area contributed by atoms with E-state index in [1.165, 1.54) is 41.9 Å². The third-order valence-electron chi connectivity index (χ3n) is 4.79. The predicted molar refractivity (Wildman–Crippen MR) is 102 cm³/mol. The molecule has 2 aromatic heterocycles. The van der Waals surface area contributed by atoms with Gasteiger partial charge in [-0.05, 0) is 49.4 Å². The van der Waals surface area contributed by atoms with Gasteiger partial charge in [-0.15, -0.1) is 11.3 Å². The van der Waals surface area contributed by atoms with Gasteiger partial charge in [-0.1, -0.05) is 18.6 Å². The predicted octanol–water partition coefficient (Wildman–Crippen LogP) is 4.39. The van der Waals surface area contributed by atoms with E-state index in [9.17, 15) is 4.79 Å². The van der Waals surface area contributed by atoms with Gasteiger partial charge < -0.3 is 10.5 Å². The summed E-state index contributed by atoms with van der Waals surface area (Å²) < 4.78 is 5.22. The Morgan fingerprint density at radius 2 is 2.04 bits per heavy atom. The van der Waals surface area contributed by atoms with Gasteiger partial charge in [0.1, 0.15) is 15.5 Å². The number of ether oxygens (including phenoxy) is 1. The molecule has 0 saturated carbocycles. The van der Waals surface area contributed by atoms with Gasteiger partial charge in [0.05, 0.1) is 12.8 Å². The molecule has 0 aliphatic heterocycles. The summed E-state index contributed by atoms with van der Waals surface area (Å²) in [5, 5.41) is 0.914. The van der Waals surface area contributed by atoms with E-state index in [1.54, 1.807) is 19.2 Å². The molecule has 0 unspecified atom stereocenters. The van der Waals surface area contributed by atoms with Crippen molar-refractivity contribution in [2.45, 2.75) is 32.1 Å². The lowest BCUT2D eigenvalue weighted by atomic mass is 10.1. The fourth-order valence-corrected chi connectivity index (χ4v) is 4.46. The Hall–Kier alpha value is -2.40. The van der Waals surface area contributed by atoms with Crippen LogP contribution in [0.2, 0.25) is 0 Å². The van der Waals surface area contributed by atoms with E-state index in [2.05, 4.69) is 6.07 Å². The lowest BCUT2D eigenvalue weighted by Crippen LogP contribution is -2.02. The number of ketones is 1. The van der Waals surface area contributed by atoms with Gasteiger partial charge in [-0.25, -0.2) is 4.98 Å². The van der Waals surface area contributed by atoms with Crippen molar-refractivity contribution in [3.8, 4) is 5.75 Å². The van der Waals surface area contributed by atoms with Crippen LogP contribution in [0.3, 0.4) is 0 Å². The summed E-state index contributed by atoms with van der Waals surface area (Å²) in [6.07, 6.45) is 5.69. The third-order valence-corrected chi connectivity index (χ3v) is 5.90. The van der Waals surface area contributed by atoms with Gasteiger partial charge in [-0.2, -0.15) is 0 Å². The Labute approximate surface area is 150 Å². The van der Waals surface area contributed by atoms with Gasteiger partial charge in [0.25, 0.3) is 0 Å². The second kappa shape index (κ2) is 6.48. The minimum Gasteiger partial charge on any atom is -0.497 e. The number of anilines is 1. The van der Waals surface area contributed by atoms with Crippen LogP contribution in [-0.4, -0.2) is 17.9 Å². The lowest BCUT2D eigenvalue weighted by molar-refractivity contribution is 0.104. The van der Waals surface area contributed by atoms with Crippen LogP contribution in [0, 0.1) is 0 Å². The van der Waals surface area contributed by atoms with Crippen LogP contribution < -0.4 is 10.5 Å². The quantitative estimate of drug-likeness (QED) is 0.561. The maximum Gasteiger partial charge on any atom is 0.205 e. The molecule has 1 aliphatic carbocycles. The molecule has 3 aromatic rings. The molecule has 1 aromatic carbocycles. The number of methoxy groups -OCH3 is 1. The van der Waals surface area contributed by atoms with E-state index in [1.807, 2.05) is 12.1 Å². The Morgan fingerprint density at radius 1 is 1.20 bits per heavy atom. The Bertz CT molecular complexity index is 962. The first-order valence-electron chi connectivity index (χ1n) is 8.57. The molecule has 25 heavy (non-hydrogen) atoms. The molecule has 0 saturated heterocycles. The topological polar surface area (TPSA) is 65.2 Å². The first-order valence-corrected chi connectivity index (χ1v) is 9.38. The molecule has 0 fully saturated rings. The van der Waals surface area contributed by atoms with Crippen molar-refractivity contribution in [3.63, 3.8) is 0 Å². The Kier molecular flexibility index (Phi) is 4.17. The molecule has 0 radical (unpaired) electrons. The number of aromatic nitrogens is 1.